The van der Waals surface area contributed by atoms with E-state index in [1.165, 1.54) is 0 Å². The minimum Gasteiger partial charge on any atom is -0.481 e. The monoisotopic (exact) mass is 254 g/mol. The molecule has 0 aliphatic carbocycles. The van der Waals surface area contributed by atoms with Crippen molar-refractivity contribution in [2.45, 2.75) is 26.2 Å². The normalized spacial score (nSPS) is 23.5. The highest BCUT2D eigenvalue weighted by atomic mass is 16.4. The summed E-state index contributed by atoms with van der Waals surface area (Å²) >= 11 is 0. The van der Waals surface area contributed by atoms with Gasteiger partial charge in [-0.3, -0.25) is 4.79 Å². The van der Waals surface area contributed by atoms with Crippen LogP contribution in [0.3, 0.4) is 0 Å². The molecule has 0 saturated carbocycles. The van der Waals surface area contributed by atoms with Crippen molar-refractivity contribution in [3.8, 4) is 0 Å². The fourth-order valence-corrected chi connectivity index (χ4v) is 2.25. The maximum atomic E-state index is 11.9. The quantitative estimate of drug-likeness (QED) is 0.579. The second kappa shape index (κ2) is 7.03. The van der Waals surface area contributed by atoms with Gasteiger partial charge >= 0.3 is 12.0 Å². The molecular weight excluding hydrogens is 232 g/mol. The predicted octanol–water partition coefficient (Wildman–Crippen LogP) is 1.70. The molecule has 2 N–H and O–H groups in total. The van der Waals surface area contributed by atoms with Crippen LogP contribution >= 0.6 is 0 Å². The second-order valence-electron chi connectivity index (χ2n) is 4.94. The summed E-state index contributed by atoms with van der Waals surface area (Å²) in [4.78, 5) is 24.5. The molecule has 1 aliphatic heterocycles. The lowest BCUT2D eigenvalue weighted by Gasteiger charge is -2.34. The largest absolute Gasteiger partial charge is 0.481 e. The minimum absolute atomic E-state index is 0.156. The van der Waals surface area contributed by atoms with Crippen molar-refractivity contribution in [3.63, 3.8) is 0 Å². The zero-order valence-electron chi connectivity index (χ0n) is 10.9. The summed E-state index contributed by atoms with van der Waals surface area (Å²) in [5.41, 5.74) is 0. The molecule has 2 atom stereocenters. The van der Waals surface area contributed by atoms with Crippen molar-refractivity contribution >= 4 is 12.0 Å². The molecule has 2 unspecified atom stereocenters. The van der Waals surface area contributed by atoms with Crippen LogP contribution in [0.25, 0.3) is 0 Å². The topological polar surface area (TPSA) is 69.6 Å². The van der Waals surface area contributed by atoms with E-state index >= 15 is 0 Å². The van der Waals surface area contributed by atoms with Crippen LogP contribution < -0.4 is 5.32 Å². The Balaban J connectivity index is 2.41. The zero-order valence-corrected chi connectivity index (χ0v) is 10.9. The van der Waals surface area contributed by atoms with Gasteiger partial charge in [0.2, 0.25) is 0 Å². The molecule has 0 radical (unpaired) electrons. The van der Waals surface area contributed by atoms with Crippen LogP contribution in [-0.2, 0) is 4.79 Å². The summed E-state index contributed by atoms with van der Waals surface area (Å²) in [6.45, 7) is 7.15. The van der Waals surface area contributed by atoms with Gasteiger partial charge in [-0.2, -0.15) is 0 Å². The number of allylic oxidation sites excluding steroid dienone is 1. The van der Waals surface area contributed by atoms with Crippen molar-refractivity contribution in [1.29, 1.82) is 0 Å². The van der Waals surface area contributed by atoms with Gasteiger partial charge in [-0.05, 0) is 25.2 Å². The van der Waals surface area contributed by atoms with E-state index in [4.69, 9.17) is 5.11 Å². The molecule has 5 heteroatoms. The zero-order chi connectivity index (χ0) is 13.5. The number of carboxylic acid groups (broad SMARTS) is 1. The molecule has 2 amide bonds. The molecule has 1 aliphatic rings. The van der Waals surface area contributed by atoms with Crippen molar-refractivity contribution in [2.24, 2.45) is 11.8 Å². The van der Waals surface area contributed by atoms with Crippen LogP contribution in [0.5, 0.6) is 0 Å². The highest BCUT2D eigenvalue weighted by Gasteiger charge is 2.31. The molecule has 0 bridgehead atoms. The third-order valence-electron chi connectivity index (χ3n) is 3.16. The SMILES string of the molecule is C=CCCCNC(=O)N1CC(C)CC(C(=O)O)C1. The van der Waals surface area contributed by atoms with E-state index in [0.29, 0.717) is 26.1 Å². The lowest BCUT2D eigenvalue weighted by Crippen LogP contribution is -2.49. The van der Waals surface area contributed by atoms with Crippen LogP contribution in [0.1, 0.15) is 26.2 Å². The van der Waals surface area contributed by atoms with E-state index in [1.807, 2.05) is 13.0 Å². The van der Waals surface area contributed by atoms with Crippen LogP contribution in [0.15, 0.2) is 12.7 Å². The average molecular weight is 254 g/mol. The molecule has 0 spiro atoms. The average Bonchev–Trinajstić information content (AvgIpc) is 2.33. The number of rotatable bonds is 5. The Kier molecular flexibility index (Phi) is 5.68. The second-order valence-corrected chi connectivity index (χ2v) is 4.94. The molecule has 0 aromatic rings. The van der Waals surface area contributed by atoms with E-state index in [1.54, 1.807) is 4.90 Å². The van der Waals surface area contributed by atoms with Gasteiger partial charge < -0.3 is 15.3 Å². The molecule has 102 valence electrons. The molecule has 0 aromatic carbocycles. The number of likely N-dealkylation sites (tertiary alicyclic amines) is 1. The number of carbonyl (C=O) groups excluding carboxylic acids is 1. The van der Waals surface area contributed by atoms with E-state index < -0.39 is 11.9 Å². The van der Waals surface area contributed by atoms with Gasteiger partial charge in [0.25, 0.3) is 0 Å². The third kappa shape index (κ3) is 4.39. The molecular formula is C13H22N2O3. The van der Waals surface area contributed by atoms with Gasteiger partial charge in [-0.25, -0.2) is 4.79 Å². The summed E-state index contributed by atoms with van der Waals surface area (Å²) in [7, 11) is 0. The van der Waals surface area contributed by atoms with Gasteiger partial charge in [0, 0.05) is 19.6 Å². The summed E-state index contributed by atoms with van der Waals surface area (Å²) < 4.78 is 0. The van der Waals surface area contributed by atoms with Crippen LogP contribution in [0, 0.1) is 11.8 Å². The standard InChI is InChI=1S/C13H22N2O3/c1-3-4-5-6-14-13(18)15-8-10(2)7-11(9-15)12(16)17/h3,10-11H,1,4-9H2,2H3,(H,14,18)(H,16,17). The highest BCUT2D eigenvalue weighted by molar-refractivity contribution is 5.76. The number of carbonyl (C=O) groups is 2. The lowest BCUT2D eigenvalue weighted by molar-refractivity contribution is -0.143. The van der Waals surface area contributed by atoms with Crippen molar-refractivity contribution in [2.75, 3.05) is 19.6 Å². The highest BCUT2D eigenvalue weighted by Crippen LogP contribution is 2.21. The predicted molar refractivity (Wildman–Crippen MR) is 69.3 cm³/mol. The van der Waals surface area contributed by atoms with Gasteiger partial charge in [0.1, 0.15) is 0 Å². The first-order valence-corrected chi connectivity index (χ1v) is 6.41. The third-order valence-corrected chi connectivity index (χ3v) is 3.16. The number of carboxylic acids is 1. The van der Waals surface area contributed by atoms with Crippen molar-refractivity contribution in [1.82, 2.24) is 10.2 Å². The number of nitrogens with zero attached hydrogens (tertiary/aromatic N) is 1. The lowest BCUT2D eigenvalue weighted by atomic mass is 9.91. The fraction of sp³-hybridized carbons (Fsp3) is 0.692. The number of piperidine rings is 1. The van der Waals surface area contributed by atoms with Crippen molar-refractivity contribution < 1.29 is 14.7 Å². The van der Waals surface area contributed by atoms with Gasteiger partial charge in [0.15, 0.2) is 0 Å². The smallest absolute Gasteiger partial charge is 0.317 e. The maximum Gasteiger partial charge on any atom is 0.317 e. The molecule has 18 heavy (non-hydrogen) atoms. The summed E-state index contributed by atoms with van der Waals surface area (Å²) in [5, 5.41) is 11.8. The molecule has 1 saturated heterocycles. The number of urea groups is 1. The number of unbranched alkanes of at least 4 members (excludes halogenated alkanes) is 1. The number of nitrogens with one attached hydrogen (secondary N) is 1. The number of hydrogen-bond acceptors (Lipinski definition) is 2. The minimum atomic E-state index is -0.814. The first-order valence-electron chi connectivity index (χ1n) is 6.41. The Labute approximate surface area is 108 Å². The first kappa shape index (κ1) is 14.5. The maximum absolute atomic E-state index is 11.9. The Bertz CT molecular complexity index is 317. The van der Waals surface area contributed by atoms with Gasteiger partial charge in [-0.1, -0.05) is 13.0 Å². The Morgan fingerprint density at radius 2 is 2.22 bits per heavy atom. The van der Waals surface area contributed by atoms with Crippen LogP contribution in [-0.4, -0.2) is 41.6 Å². The van der Waals surface area contributed by atoms with Gasteiger partial charge in [0.05, 0.1) is 5.92 Å². The Hall–Kier alpha value is -1.52. The molecule has 1 rings (SSSR count). The number of amides is 2. The van der Waals surface area contributed by atoms with E-state index in [-0.39, 0.29) is 11.9 Å². The van der Waals surface area contributed by atoms with Gasteiger partial charge in [-0.15, -0.1) is 6.58 Å². The van der Waals surface area contributed by atoms with E-state index in [9.17, 15) is 9.59 Å². The van der Waals surface area contributed by atoms with E-state index in [2.05, 4.69) is 11.9 Å². The summed E-state index contributed by atoms with van der Waals surface area (Å²) in [6.07, 6.45) is 4.20. The number of aliphatic carboxylic acids is 1. The summed E-state index contributed by atoms with van der Waals surface area (Å²) in [6, 6.07) is -0.156. The molecule has 0 aromatic heterocycles. The fourth-order valence-electron chi connectivity index (χ4n) is 2.25. The first-order chi connectivity index (χ1) is 8.54. The summed E-state index contributed by atoms with van der Waals surface area (Å²) in [5.74, 6) is -1.02. The van der Waals surface area contributed by atoms with Crippen molar-refractivity contribution in [3.05, 3.63) is 12.7 Å². The van der Waals surface area contributed by atoms with Crippen LogP contribution in [0.2, 0.25) is 0 Å². The molecule has 1 fully saturated rings. The number of hydrogen-bond donors (Lipinski definition) is 2. The Morgan fingerprint density at radius 1 is 1.50 bits per heavy atom. The van der Waals surface area contributed by atoms with Crippen LogP contribution in [0.4, 0.5) is 4.79 Å². The molecule has 1 heterocycles. The van der Waals surface area contributed by atoms with E-state index in [0.717, 1.165) is 12.8 Å². The Morgan fingerprint density at radius 3 is 2.83 bits per heavy atom. The molecule has 5 nitrogen and oxygen atoms in total.